The van der Waals surface area contributed by atoms with E-state index in [9.17, 15) is 21.2 Å². The van der Waals surface area contributed by atoms with Crippen LogP contribution in [-0.2, 0) is 20.2 Å². The highest BCUT2D eigenvalue weighted by molar-refractivity contribution is 7.92. The lowest BCUT2D eigenvalue weighted by Crippen LogP contribution is -2.49. The second-order valence-electron chi connectivity index (χ2n) is 7.27. The Morgan fingerprint density at radius 2 is 1.97 bits per heavy atom. The first kappa shape index (κ1) is 22.1. The van der Waals surface area contributed by atoms with E-state index in [-0.39, 0.29) is 41.0 Å². The first-order valence-corrected chi connectivity index (χ1v) is 12.5. The maximum Gasteiger partial charge on any atom is 0.281 e. The molecule has 1 atom stereocenters. The van der Waals surface area contributed by atoms with E-state index in [2.05, 4.69) is 0 Å². The predicted molar refractivity (Wildman–Crippen MR) is 114 cm³/mol. The fourth-order valence-corrected chi connectivity index (χ4v) is 6.65. The van der Waals surface area contributed by atoms with Crippen molar-refractivity contribution in [1.82, 2.24) is 8.61 Å². The molecule has 1 saturated heterocycles. The molecule has 9 nitrogen and oxygen atoms in total. The number of fused-ring (bicyclic) bond motifs is 1. The van der Waals surface area contributed by atoms with Crippen LogP contribution in [0.5, 0.6) is 5.75 Å². The Kier molecular flexibility index (Phi) is 5.54. The van der Waals surface area contributed by atoms with Gasteiger partial charge in [0.15, 0.2) is 0 Å². The lowest BCUT2D eigenvalue weighted by molar-refractivity contribution is 0.173. The van der Waals surface area contributed by atoms with Gasteiger partial charge in [0.2, 0.25) is 0 Å². The molecule has 2 aromatic rings. The van der Waals surface area contributed by atoms with E-state index in [1.165, 1.54) is 27.8 Å². The molecule has 2 N–H and O–H groups in total. The summed E-state index contributed by atoms with van der Waals surface area (Å²) in [7, 11) is -6.32. The molecule has 0 aliphatic carbocycles. The molecule has 2 heterocycles. The molecular weight excluding hydrogens is 471 g/mol. The third kappa shape index (κ3) is 3.94. The van der Waals surface area contributed by atoms with Gasteiger partial charge in [-0.05, 0) is 36.4 Å². The van der Waals surface area contributed by atoms with Gasteiger partial charge < -0.3 is 10.5 Å². The molecule has 13 heteroatoms. The zero-order chi connectivity index (χ0) is 22.6. The summed E-state index contributed by atoms with van der Waals surface area (Å²) in [6, 6.07) is 7.66. The lowest BCUT2D eigenvalue weighted by atomic mass is 10.2. The average Bonchev–Trinajstić information content (AvgIpc) is 2.96. The van der Waals surface area contributed by atoms with Crippen LogP contribution in [0.15, 0.2) is 41.3 Å². The van der Waals surface area contributed by atoms with Gasteiger partial charge in [-0.25, -0.2) is 12.8 Å². The summed E-state index contributed by atoms with van der Waals surface area (Å²) in [5.41, 5.74) is 6.37. The van der Waals surface area contributed by atoms with Gasteiger partial charge in [-0.2, -0.15) is 17.0 Å². The van der Waals surface area contributed by atoms with Gasteiger partial charge >= 0.3 is 0 Å². The molecule has 0 bridgehead atoms. The number of sulfonamides is 1. The van der Waals surface area contributed by atoms with Crippen LogP contribution >= 0.6 is 11.6 Å². The third-order valence-corrected chi connectivity index (χ3v) is 9.21. The van der Waals surface area contributed by atoms with Gasteiger partial charge in [0.25, 0.3) is 20.2 Å². The van der Waals surface area contributed by atoms with Crippen LogP contribution in [0.2, 0.25) is 5.02 Å². The van der Waals surface area contributed by atoms with E-state index < -0.39 is 32.2 Å². The minimum absolute atomic E-state index is 0.0350. The van der Waals surface area contributed by atoms with E-state index in [1.54, 1.807) is 6.07 Å². The molecule has 1 fully saturated rings. The normalized spacial score (nSPS) is 21.6. The second kappa shape index (κ2) is 7.78. The van der Waals surface area contributed by atoms with Crippen molar-refractivity contribution in [3.8, 4) is 5.75 Å². The Balaban J connectivity index is 1.72. The Labute approximate surface area is 185 Å². The van der Waals surface area contributed by atoms with Gasteiger partial charge in [0.05, 0.1) is 28.7 Å². The van der Waals surface area contributed by atoms with Gasteiger partial charge in [0.1, 0.15) is 17.7 Å². The summed E-state index contributed by atoms with van der Waals surface area (Å²) >= 11 is 5.79. The smallest absolute Gasteiger partial charge is 0.281 e. The largest absolute Gasteiger partial charge is 0.485 e. The van der Waals surface area contributed by atoms with E-state index >= 15 is 0 Å². The van der Waals surface area contributed by atoms with Crippen molar-refractivity contribution in [3.63, 3.8) is 0 Å². The minimum atomic E-state index is -4.17. The fourth-order valence-electron chi connectivity index (χ4n) is 3.51. The monoisotopic (exact) mass is 490 g/mol. The van der Waals surface area contributed by atoms with Gasteiger partial charge in [-0.1, -0.05) is 11.6 Å². The quantitative estimate of drug-likeness (QED) is 0.650. The van der Waals surface area contributed by atoms with Crippen molar-refractivity contribution in [1.29, 1.82) is 0 Å². The number of anilines is 2. The van der Waals surface area contributed by atoms with Crippen LogP contribution in [0.25, 0.3) is 0 Å². The Morgan fingerprint density at radius 3 is 2.61 bits per heavy atom. The molecule has 0 unspecified atom stereocenters. The van der Waals surface area contributed by atoms with Crippen LogP contribution < -0.4 is 14.8 Å². The zero-order valence-electron chi connectivity index (χ0n) is 16.4. The Hall–Kier alpha value is -2.12. The molecule has 168 valence electrons. The SMILES string of the molecule is CN1CCN(C[C@H]2CN(S(=O)(=O)c3ccc(F)c(Cl)c3)c3cc(N)ccc3O2)S1(=O)=O. The first-order chi connectivity index (χ1) is 14.5. The number of benzene rings is 2. The van der Waals surface area contributed by atoms with Crippen molar-refractivity contribution in [2.45, 2.75) is 11.0 Å². The number of hydrogen-bond donors (Lipinski definition) is 1. The van der Waals surface area contributed by atoms with Crippen molar-refractivity contribution >= 4 is 43.2 Å². The van der Waals surface area contributed by atoms with Crippen LogP contribution in [0, 0.1) is 5.82 Å². The standard InChI is InChI=1S/C18H20ClFN4O5S2/c1-22-6-7-23(31(22,27)28)10-13-11-24(17-8-12(21)2-5-18(17)29-13)30(25,26)14-3-4-16(20)15(19)9-14/h2-5,8-9,13H,6-7,10-11,21H2,1H3/t13-/m0/s1. The maximum atomic E-state index is 13.6. The summed E-state index contributed by atoms with van der Waals surface area (Å²) < 4.78 is 74.7. The van der Waals surface area contributed by atoms with E-state index in [4.69, 9.17) is 22.1 Å². The molecular formula is C18H20ClFN4O5S2. The van der Waals surface area contributed by atoms with E-state index in [0.29, 0.717) is 12.2 Å². The molecule has 0 spiro atoms. The third-order valence-electron chi connectivity index (χ3n) is 5.19. The van der Waals surface area contributed by atoms with Crippen molar-refractivity contribution in [2.75, 3.05) is 43.3 Å². The molecule has 2 aliphatic heterocycles. The highest BCUT2D eigenvalue weighted by atomic mass is 35.5. The average molecular weight is 491 g/mol. The second-order valence-corrected chi connectivity index (χ2v) is 11.6. The number of nitrogens with two attached hydrogens (primary N) is 1. The lowest BCUT2D eigenvalue weighted by Gasteiger charge is -2.36. The van der Waals surface area contributed by atoms with Crippen molar-refractivity contribution < 1.29 is 26.0 Å². The Bertz CT molecular complexity index is 1240. The van der Waals surface area contributed by atoms with Gasteiger partial charge in [-0.15, -0.1) is 0 Å². The predicted octanol–water partition coefficient (Wildman–Crippen LogP) is 1.51. The van der Waals surface area contributed by atoms with E-state index in [1.807, 2.05) is 0 Å². The summed E-state index contributed by atoms with van der Waals surface area (Å²) in [6.45, 7) is 0.405. The van der Waals surface area contributed by atoms with Crippen LogP contribution in [-0.4, -0.2) is 64.8 Å². The van der Waals surface area contributed by atoms with E-state index in [0.717, 1.165) is 22.5 Å². The van der Waals surface area contributed by atoms with Crippen molar-refractivity contribution in [3.05, 3.63) is 47.2 Å². The number of rotatable bonds is 4. The molecule has 0 aromatic heterocycles. The molecule has 2 aromatic carbocycles. The molecule has 0 radical (unpaired) electrons. The Morgan fingerprint density at radius 1 is 1.23 bits per heavy atom. The number of ether oxygens (including phenoxy) is 1. The summed E-state index contributed by atoms with van der Waals surface area (Å²) in [5, 5.41) is -0.329. The zero-order valence-corrected chi connectivity index (χ0v) is 18.8. The molecule has 0 saturated carbocycles. The maximum absolute atomic E-state index is 13.6. The molecule has 0 amide bonds. The molecule has 4 rings (SSSR count). The first-order valence-electron chi connectivity index (χ1n) is 9.25. The number of nitrogen functional groups attached to an aromatic ring is 1. The number of halogens is 2. The summed E-state index contributed by atoms with van der Waals surface area (Å²) in [6.07, 6.45) is -0.775. The van der Waals surface area contributed by atoms with Crippen LogP contribution in [0.4, 0.5) is 15.8 Å². The van der Waals surface area contributed by atoms with Crippen LogP contribution in [0.1, 0.15) is 0 Å². The number of nitrogens with zero attached hydrogens (tertiary/aromatic N) is 3. The van der Waals surface area contributed by atoms with Crippen LogP contribution in [0.3, 0.4) is 0 Å². The van der Waals surface area contributed by atoms with Gasteiger partial charge in [-0.3, -0.25) is 4.31 Å². The highest BCUT2D eigenvalue weighted by Gasteiger charge is 2.40. The summed E-state index contributed by atoms with van der Waals surface area (Å²) in [5.74, 6) is -0.499. The van der Waals surface area contributed by atoms with Crippen molar-refractivity contribution in [2.24, 2.45) is 0 Å². The topological polar surface area (TPSA) is 113 Å². The molecule has 2 aliphatic rings. The number of likely N-dealkylation sites (N-methyl/N-ethyl adjacent to an activating group) is 1. The fraction of sp³-hybridized carbons (Fsp3) is 0.333. The molecule has 31 heavy (non-hydrogen) atoms. The van der Waals surface area contributed by atoms with Gasteiger partial charge in [0, 0.05) is 25.8 Å². The summed E-state index contributed by atoms with van der Waals surface area (Å²) in [4.78, 5) is -0.207. The highest BCUT2D eigenvalue weighted by Crippen LogP contribution is 2.39. The number of hydrogen-bond acceptors (Lipinski definition) is 6. The minimum Gasteiger partial charge on any atom is -0.485 e.